The minimum Gasteiger partial charge on any atom is -0.423 e. The number of carbonyl (C=O) groups excluding carboxylic acids is 1. The molecule has 0 radical (unpaired) electrons. The van der Waals surface area contributed by atoms with Gasteiger partial charge in [-0.2, -0.15) is 0 Å². The highest BCUT2D eigenvalue weighted by Gasteiger charge is 2.25. The van der Waals surface area contributed by atoms with Gasteiger partial charge in [0.15, 0.2) is 0 Å². The molecule has 0 saturated heterocycles. The van der Waals surface area contributed by atoms with E-state index in [4.69, 9.17) is 4.74 Å². The van der Waals surface area contributed by atoms with E-state index < -0.39 is 8.07 Å². The maximum absolute atomic E-state index is 12.1. The minimum absolute atomic E-state index is 0.310. The van der Waals surface area contributed by atoms with Crippen molar-refractivity contribution in [1.29, 1.82) is 0 Å². The lowest BCUT2D eigenvalue weighted by molar-refractivity contribution is -0.129. The van der Waals surface area contributed by atoms with Gasteiger partial charge in [0.2, 0.25) is 0 Å². The van der Waals surface area contributed by atoms with Crippen LogP contribution in [0.4, 0.5) is 0 Å². The number of benzene rings is 2. The van der Waals surface area contributed by atoms with Crippen LogP contribution in [0, 0.1) is 0 Å². The van der Waals surface area contributed by atoms with Crippen LogP contribution in [0.5, 0.6) is 5.75 Å². The number of rotatable bonds is 3. The average Bonchev–Trinajstić information content (AvgIpc) is 2.37. The van der Waals surface area contributed by atoms with Gasteiger partial charge >= 0.3 is 5.97 Å². The zero-order valence-electron chi connectivity index (χ0n) is 11.6. The lowest BCUT2D eigenvalue weighted by Crippen LogP contribution is -2.31. The third-order valence-electron chi connectivity index (χ3n) is 3.10. The number of hydrogen-bond donors (Lipinski definition) is 0. The molecule has 0 aromatic heterocycles. The molecule has 98 valence electrons. The van der Waals surface area contributed by atoms with Gasteiger partial charge in [-0.15, -0.1) is 0 Å². The highest BCUT2D eigenvalue weighted by Crippen LogP contribution is 2.26. The Morgan fingerprint density at radius 1 is 1.05 bits per heavy atom. The molecular weight excluding hydrogens is 252 g/mol. The molecule has 0 amide bonds. The van der Waals surface area contributed by atoms with Crippen LogP contribution in [0.15, 0.2) is 54.2 Å². The summed E-state index contributed by atoms with van der Waals surface area (Å²) in [5, 5.41) is 2.62. The summed E-state index contributed by atoms with van der Waals surface area (Å²) in [4.78, 5) is 12.1. The summed E-state index contributed by atoms with van der Waals surface area (Å²) in [6.07, 6.45) is 0. The second kappa shape index (κ2) is 5.01. The SMILES string of the molecule is C=C(C(=O)Oc1cccc2ccccc12)[Si](C)(C)C. The molecule has 2 aromatic rings. The summed E-state index contributed by atoms with van der Waals surface area (Å²) in [7, 11) is -1.71. The Kier molecular flexibility index (Phi) is 3.58. The van der Waals surface area contributed by atoms with Crippen LogP contribution in [0.3, 0.4) is 0 Å². The molecule has 2 aromatic carbocycles. The molecule has 0 aliphatic carbocycles. The number of esters is 1. The van der Waals surface area contributed by atoms with Crippen LogP contribution in [-0.2, 0) is 4.79 Å². The number of fused-ring (bicyclic) bond motifs is 1. The quantitative estimate of drug-likeness (QED) is 0.362. The largest absolute Gasteiger partial charge is 0.423 e. The van der Waals surface area contributed by atoms with Gasteiger partial charge in [0.1, 0.15) is 5.75 Å². The van der Waals surface area contributed by atoms with Crippen molar-refractivity contribution < 1.29 is 9.53 Å². The van der Waals surface area contributed by atoms with Crippen LogP contribution in [0.1, 0.15) is 0 Å². The maximum atomic E-state index is 12.1. The Bertz CT molecular complexity index is 633. The average molecular weight is 270 g/mol. The van der Waals surface area contributed by atoms with Gasteiger partial charge in [0, 0.05) is 10.6 Å². The third kappa shape index (κ3) is 2.93. The first-order valence-corrected chi connectivity index (χ1v) is 9.79. The second-order valence-corrected chi connectivity index (χ2v) is 10.7. The Labute approximate surface area is 114 Å². The monoisotopic (exact) mass is 270 g/mol. The molecule has 3 heteroatoms. The van der Waals surface area contributed by atoms with Gasteiger partial charge in [0.05, 0.1) is 8.07 Å². The van der Waals surface area contributed by atoms with Gasteiger partial charge in [-0.25, -0.2) is 4.79 Å². The van der Waals surface area contributed by atoms with Crippen LogP contribution in [0.2, 0.25) is 19.6 Å². The van der Waals surface area contributed by atoms with Crippen molar-refractivity contribution in [3.05, 3.63) is 54.2 Å². The molecule has 0 bridgehead atoms. The highest BCUT2D eigenvalue weighted by atomic mass is 28.3. The molecular formula is C16H18O2Si. The van der Waals surface area contributed by atoms with Crippen molar-refractivity contribution in [3.63, 3.8) is 0 Å². The summed E-state index contributed by atoms with van der Waals surface area (Å²) in [5.41, 5.74) is 0. The topological polar surface area (TPSA) is 26.3 Å². The molecule has 0 saturated carbocycles. The second-order valence-electron chi connectivity index (χ2n) is 5.60. The van der Waals surface area contributed by atoms with E-state index in [1.165, 1.54) is 0 Å². The normalized spacial score (nSPS) is 11.3. The van der Waals surface area contributed by atoms with Crippen LogP contribution in [0.25, 0.3) is 10.8 Å². The first-order valence-electron chi connectivity index (χ1n) is 6.29. The Hall–Kier alpha value is -1.87. The van der Waals surface area contributed by atoms with E-state index in [2.05, 4.69) is 26.2 Å². The lowest BCUT2D eigenvalue weighted by atomic mass is 10.1. The van der Waals surface area contributed by atoms with E-state index in [-0.39, 0.29) is 5.97 Å². The number of carbonyl (C=O) groups is 1. The number of ether oxygens (including phenoxy) is 1. The molecule has 0 N–H and O–H groups in total. The third-order valence-corrected chi connectivity index (χ3v) is 5.12. The Balaban J connectivity index is 2.32. The molecule has 0 unspecified atom stereocenters. The summed E-state index contributed by atoms with van der Waals surface area (Å²) < 4.78 is 5.51. The molecule has 0 heterocycles. The molecule has 0 spiro atoms. The molecule has 0 aliphatic rings. The fourth-order valence-electron chi connectivity index (χ4n) is 1.75. The molecule has 2 nitrogen and oxygen atoms in total. The summed E-state index contributed by atoms with van der Waals surface area (Å²) in [6.45, 7) is 10.1. The molecule has 0 atom stereocenters. The van der Waals surface area contributed by atoms with Gasteiger partial charge in [0.25, 0.3) is 0 Å². The summed E-state index contributed by atoms with van der Waals surface area (Å²) >= 11 is 0. The number of hydrogen-bond acceptors (Lipinski definition) is 2. The van der Waals surface area contributed by atoms with Gasteiger partial charge in [-0.1, -0.05) is 62.6 Å². The predicted octanol–water partition coefficient (Wildman–Crippen LogP) is 4.18. The van der Waals surface area contributed by atoms with Crippen LogP contribution >= 0.6 is 0 Å². The zero-order valence-corrected chi connectivity index (χ0v) is 12.6. The van der Waals surface area contributed by atoms with E-state index in [1.807, 2.05) is 42.5 Å². The highest BCUT2D eigenvalue weighted by molar-refractivity contribution is 6.86. The molecule has 2 rings (SSSR count). The maximum Gasteiger partial charge on any atom is 0.334 e. The van der Waals surface area contributed by atoms with Crippen molar-refractivity contribution in [2.75, 3.05) is 0 Å². The smallest absolute Gasteiger partial charge is 0.334 e. The van der Waals surface area contributed by atoms with E-state index in [0.29, 0.717) is 10.9 Å². The van der Waals surface area contributed by atoms with Crippen molar-refractivity contribution in [2.45, 2.75) is 19.6 Å². The van der Waals surface area contributed by atoms with E-state index >= 15 is 0 Å². The zero-order chi connectivity index (χ0) is 14.0. The fraction of sp³-hybridized carbons (Fsp3) is 0.188. The van der Waals surface area contributed by atoms with Gasteiger partial charge in [-0.05, 0) is 11.5 Å². The Morgan fingerprint density at radius 2 is 1.68 bits per heavy atom. The lowest BCUT2D eigenvalue weighted by Gasteiger charge is -2.18. The standard InChI is InChI=1S/C16H18O2Si/c1-12(19(2,3)4)16(17)18-15-11-7-9-13-8-5-6-10-14(13)15/h5-11H,1H2,2-4H3. The minimum atomic E-state index is -1.71. The van der Waals surface area contributed by atoms with E-state index in [1.54, 1.807) is 0 Å². The van der Waals surface area contributed by atoms with Crippen LogP contribution < -0.4 is 4.74 Å². The van der Waals surface area contributed by atoms with Gasteiger partial charge < -0.3 is 4.74 Å². The van der Waals surface area contributed by atoms with Crippen molar-refractivity contribution >= 4 is 24.8 Å². The molecule has 19 heavy (non-hydrogen) atoms. The van der Waals surface area contributed by atoms with Crippen molar-refractivity contribution in [1.82, 2.24) is 0 Å². The summed E-state index contributed by atoms with van der Waals surface area (Å²) in [5.74, 6) is 0.290. The fourth-order valence-corrected chi connectivity index (χ4v) is 2.42. The van der Waals surface area contributed by atoms with E-state index in [0.717, 1.165) is 10.8 Å². The van der Waals surface area contributed by atoms with Gasteiger partial charge in [-0.3, -0.25) is 0 Å². The predicted molar refractivity (Wildman–Crippen MR) is 82.1 cm³/mol. The first-order chi connectivity index (χ1) is 8.89. The summed E-state index contributed by atoms with van der Waals surface area (Å²) in [6, 6.07) is 13.6. The molecule has 0 fully saturated rings. The first kappa shape index (κ1) is 13.6. The molecule has 0 aliphatic heterocycles. The van der Waals surface area contributed by atoms with Crippen LogP contribution in [-0.4, -0.2) is 14.0 Å². The van der Waals surface area contributed by atoms with Crippen molar-refractivity contribution in [2.24, 2.45) is 0 Å². The van der Waals surface area contributed by atoms with E-state index in [9.17, 15) is 4.79 Å². The van der Waals surface area contributed by atoms with Crippen molar-refractivity contribution in [3.8, 4) is 5.75 Å². The Morgan fingerprint density at radius 3 is 2.37 bits per heavy atom.